The summed E-state index contributed by atoms with van der Waals surface area (Å²) in [7, 11) is 0. The van der Waals surface area contributed by atoms with Crippen LogP contribution < -0.4 is 4.90 Å². The van der Waals surface area contributed by atoms with Crippen molar-refractivity contribution >= 4 is 70.1 Å². The Hall–Kier alpha value is -8.04. The highest BCUT2D eigenvalue weighted by Crippen LogP contribution is 2.51. The van der Waals surface area contributed by atoms with E-state index in [1.165, 1.54) is 97.4 Å². The number of hydrogen-bond acceptors (Lipinski definition) is 2. The highest BCUT2D eigenvalue weighted by molar-refractivity contribution is 7.27. The normalized spacial score (nSPS) is 11.4. The summed E-state index contributed by atoms with van der Waals surface area (Å²) >= 11 is 1.90. The number of benzene rings is 11. The second kappa shape index (κ2) is 16.0. The molecule has 2 heteroatoms. The van der Waals surface area contributed by atoms with Gasteiger partial charge in [0.25, 0.3) is 0 Å². The van der Waals surface area contributed by atoms with Gasteiger partial charge in [-0.3, -0.25) is 0 Å². The summed E-state index contributed by atoms with van der Waals surface area (Å²) in [6.45, 7) is 0. The molecule has 64 heavy (non-hydrogen) atoms. The van der Waals surface area contributed by atoms with Crippen LogP contribution in [-0.4, -0.2) is 0 Å². The molecule has 0 atom stereocenters. The Balaban J connectivity index is 1.10. The minimum absolute atomic E-state index is 1.09. The molecule has 0 saturated heterocycles. The monoisotopic (exact) mass is 831 g/mol. The van der Waals surface area contributed by atoms with Gasteiger partial charge in [0.2, 0.25) is 0 Å². The third kappa shape index (κ3) is 6.47. The highest BCUT2D eigenvalue weighted by Gasteiger charge is 2.23. The second-order valence-corrected chi connectivity index (χ2v) is 17.4. The first-order valence-electron chi connectivity index (χ1n) is 21.9. The van der Waals surface area contributed by atoms with E-state index in [1.807, 2.05) is 11.3 Å². The van der Waals surface area contributed by atoms with Crippen LogP contribution in [0.4, 0.5) is 17.1 Å². The first-order chi connectivity index (χ1) is 31.8. The van der Waals surface area contributed by atoms with Gasteiger partial charge in [0.15, 0.2) is 0 Å². The van der Waals surface area contributed by atoms with Gasteiger partial charge in [-0.15, -0.1) is 11.3 Å². The van der Waals surface area contributed by atoms with Gasteiger partial charge in [0.05, 0.1) is 10.4 Å². The van der Waals surface area contributed by atoms with Gasteiger partial charge in [-0.2, -0.15) is 0 Å². The highest BCUT2D eigenvalue weighted by atomic mass is 32.1. The van der Waals surface area contributed by atoms with Crippen molar-refractivity contribution in [3.05, 3.63) is 249 Å². The van der Waals surface area contributed by atoms with Crippen molar-refractivity contribution in [3.8, 4) is 55.6 Å². The largest absolute Gasteiger partial charge is 0.309 e. The smallest absolute Gasteiger partial charge is 0.0640 e. The van der Waals surface area contributed by atoms with Crippen molar-refractivity contribution < 1.29 is 0 Å². The maximum atomic E-state index is 2.46. The van der Waals surface area contributed by atoms with Gasteiger partial charge in [0, 0.05) is 26.8 Å². The fraction of sp³-hybridized carbons (Fsp3) is 0. The third-order valence-electron chi connectivity index (χ3n) is 12.7. The summed E-state index contributed by atoms with van der Waals surface area (Å²) in [5.41, 5.74) is 15.6. The van der Waals surface area contributed by atoms with E-state index >= 15 is 0 Å². The van der Waals surface area contributed by atoms with Gasteiger partial charge in [0.1, 0.15) is 0 Å². The van der Waals surface area contributed by atoms with Crippen LogP contribution in [0.3, 0.4) is 0 Å². The number of thiophene rings is 1. The predicted molar refractivity (Wildman–Crippen MR) is 276 cm³/mol. The van der Waals surface area contributed by atoms with Crippen LogP contribution in [0.2, 0.25) is 0 Å². The zero-order chi connectivity index (χ0) is 42.4. The van der Waals surface area contributed by atoms with Crippen LogP contribution in [0.25, 0.3) is 97.4 Å². The first-order valence-corrected chi connectivity index (χ1v) is 22.7. The summed E-state index contributed by atoms with van der Waals surface area (Å²) in [5.74, 6) is 0. The van der Waals surface area contributed by atoms with Gasteiger partial charge in [-0.25, -0.2) is 0 Å². The topological polar surface area (TPSA) is 3.24 Å². The van der Waals surface area contributed by atoms with E-state index in [4.69, 9.17) is 0 Å². The Kier molecular flexibility index (Phi) is 9.43. The van der Waals surface area contributed by atoms with E-state index in [0.29, 0.717) is 0 Å². The average molecular weight is 832 g/mol. The van der Waals surface area contributed by atoms with Crippen molar-refractivity contribution in [2.75, 3.05) is 4.90 Å². The molecule has 0 fully saturated rings. The molecule has 1 heterocycles. The molecule has 12 rings (SSSR count). The van der Waals surface area contributed by atoms with E-state index in [1.54, 1.807) is 0 Å². The van der Waals surface area contributed by atoms with Crippen molar-refractivity contribution in [3.63, 3.8) is 0 Å². The fourth-order valence-electron chi connectivity index (χ4n) is 9.75. The number of rotatable bonds is 8. The van der Waals surface area contributed by atoms with Crippen LogP contribution >= 0.6 is 11.3 Å². The Labute approximate surface area is 377 Å². The molecule has 0 radical (unpaired) electrons. The van der Waals surface area contributed by atoms with E-state index in [-0.39, 0.29) is 0 Å². The summed E-state index contributed by atoms with van der Waals surface area (Å²) in [5, 5.41) is 7.58. The fourth-order valence-corrected chi connectivity index (χ4v) is 11.1. The maximum Gasteiger partial charge on any atom is 0.0640 e. The zero-order valence-corrected chi connectivity index (χ0v) is 35.8. The minimum Gasteiger partial charge on any atom is -0.309 e. The Morgan fingerprint density at radius 2 is 0.656 bits per heavy atom. The average Bonchev–Trinajstić information content (AvgIpc) is 3.78. The van der Waals surface area contributed by atoms with Gasteiger partial charge in [-0.05, 0) is 108 Å². The molecular weight excluding hydrogens is 791 g/mol. The Morgan fingerprint density at radius 1 is 0.250 bits per heavy atom. The molecule has 1 nitrogen and oxygen atoms in total. The molecule has 0 bridgehead atoms. The lowest BCUT2D eigenvalue weighted by molar-refractivity contribution is 1.30. The Morgan fingerprint density at radius 3 is 1.20 bits per heavy atom. The van der Waals surface area contributed by atoms with Crippen molar-refractivity contribution in [1.29, 1.82) is 0 Å². The first kappa shape index (κ1) is 37.7. The standard InChI is InChI=1S/C62H41NS/c1-5-18-42(19-6-1)43-32-36-48(37-33-43)63(57-41-40-50(44-20-7-2-8-21-44)60-56-31-17-30-51(61(56)64-62(57)60)45-22-9-3-10-23-45)49-38-34-47(35-39-49)59-55-29-16-14-27-53(55)52-26-13-15-28-54(52)58(59)46-24-11-4-12-25-46/h1-41H. The van der Waals surface area contributed by atoms with Crippen LogP contribution in [0.5, 0.6) is 0 Å². The van der Waals surface area contributed by atoms with Crippen molar-refractivity contribution in [2.45, 2.75) is 0 Å². The van der Waals surface area contributed by atoms with Crippen molar-refractivity contribution in [2.24, 2.45) is 0 Å². The summed E-state index contributed by atoms with van der Waals surface area (Å²) < 4.78 is 2.54. The van der Waals surface area contributed by atoms with E-state index in [9.17, 15) is 0 Å². The molecule has 0 amide bonds. The lowest BCUT2D eigenvalue weighted by Crippen LogP contribution is -2.10. The van der Waals surface area contributed by atoms with Crippen LogP contribution in [0, 0.1) is 0 Å². The number of hydrogen-bond donors (Lipinski definition) is 0. The minimum atomic E-state index is 1.09. The van der Waals surface area contributed by atoms with Crippen LogP contribution in [0.15, 0.2) is 249 Å². The summed E-state index contributed by atoms with van der Waals surface area (Å²) in [4.78, 5) is 2.46. The molecule has 0 aliphatic rings. The molecule has 0 aliphatic carbocycles. The molecule has 0 saturated carbocycles. The van der Waals surface area contributed by atoms with Crippen LogP contribution in [0.1, 0.15) is 0 Å². The second-order valence-electron chi connectivity index (χ2n) is 16.4. The molecule has 0 aliphatic heterocycles. The molecule has 11 aromatic carbocycles. The number of fused-ring (bicyclic) bond motifs is 6. The molecule has 1 aromatic heterocycles. The molecule has 300 valence electrons. The lowest BCUT2D eigenvalue weighted by atomic mass is 9.85. The molecule has 12 aromatic rings. The lowest BCUT2D eigenvalue weighted by Gasteiger charge is -2.27. The van der Waals surface area contributed by atoms with Gasteiger partial charge < -0.3 is 4.90 Å². The molecular formula is C62H41NS. The predicted octanol–water partition coefficient (Wildman–Crippen LogP) is 18.2. The van der Waals surface area contributed by atoms with E-state index < -0.39 is 0 Å². The summed E-state index contributed by atoms with van der Waals surface area (Å²) in [6.07, 6.45) is 0. The zero-order valence-electron chi connectivity index (χ0n) is 35.0. The van der Waals surface area contributed by atoms with Crippen LogP contribution in [-0.2, 0) is 0 Å². The SMILES string of the molecule is c1ccc(-c2ccc(N(c3ccc(-c4c(-c5ccccc5)c5ccccc5c5ccccc45)cc3)c3ccc(-c4ccccc4)c4c3sc3c(-c5ccccc5)cccc34)cc2)cc1. The van der Waals surface area contributed by atoms with E-state index in [0.717, 1.165) is 17.1 Å². The van der Waals surface area contributed by atoms with Gasteiger partial charge in [-0.1, -0.05) is 218 Å². The number of anilines is 3. The molecule has 0 N–H and O–H groups in total. The van der Waals surface area contributed by atoms with E-state index in [2.05, 4.69) is 254 Å². The quantitative estimate of drug-likeness (QED) is 0.138. The number of nitrogens with zero attached hydrogens (tertiary/aromatic N) is 1. The summed E-state index contributed by atoms with van der Waals surface area (Å²) in [6, 6.07) is 90.8. The maximum absolute atomic E-state index is 2.46. The van der Waals surface area contributed by atoms with Gasteiger partial charge >= 0.3 is 0 Å². The Bertz CT molecular complexity index is 3610. The van der Waals surface area contributed by atoms with Crippen molar-refractivity contribution in [1.82, 2.24) is 0 Å². The molecule has 0 spiro atoms. The molecule has 0 unspecified atom stereocenters. The third-order valence-corrected chi connectivity index (χ3v) is 13.9.